The first-order valence-corrected chi connectivity index (χ1v) is 8.92. The largest absolute Gasteiger partial charge is 0.480 e. The van der Waals surface area contributed by atoms with Gasteiger partial charge in [-0.05, 0) is 30.5 Å². The third kappa shape index (κ3) is 3.75. The Morgan fingerprint density at radius 2 is 2.11 bits per heavy atom. The number of carboxylic acids is 1. The van der Waals surface area contributed by atoms with Gasteiger partial charge < -0.3 is 20.1 Å². The van der Waals surface area contributed by atoms with E-state index in [2.05, 4.69) is 15.3 Å². The number of nitrogens with zero attached hydrogens (tertiary/aromatic N) is 3. The molecule has 1 saturated heterocycles. The number of carbonyl (C=O) groups is 2. The number of hydrogen-bond acceptors (Lipinski definition) is 6. The number of rotatable bonds is 5. The molecule has 0 radical (unpaired) electrons. The van der Waals surface area contributed by atoms with E-state index in [1.54, 1.807) is 18.3 Å². The molecule has 1 amide bonds. The van der Waals surface area contributed by atoms with Gasteiger partial charge in [-0.3, -0.25) is 9.59 Å². The summed E-state index contributed by atoms with van der Waals surface area (Å²) in [6, 6.07) is 7.63. The second-order valence-corrected chi connectivity index (χ2v) is 6.72. The van der Waals surface area contributed by atoms with Crippen LogP contribution in [0.2, 0.25) is 0 Å². The molecule has 0 spiro atoms. The smallest absolute Gasteiger partial charge is 0.323 e. The summed E-state index contributed by atoms with van der Waals surface area (Å²) in [7, 11) is 0. The number of nitrogens with one attached hydrogen (secondary N) is 1. The highest BCUT2D eigenvalue weighted by molar-refractivity contribution is 6.00. The van der Waals surface area contributed by atoms with Gasteiger partial charge in [0, 0.05) is 43.1 Å². The molecule has 8 heteroatoms. The molecule has 27 heavy (non-hydrogen) atoms. The summed E-state index contributed by atoms with van der Waals surface area (Å²) in [5.74, 6) is -0.724. The zero-order chi connectivity index (χ0) is 18.8. The van der Waals surface area contributed by atoms with Gasteiger partial charge >= 0.3 is 5.97 Å². The number of carboxylic acid groups (broad SMARTS) is 1. The molecular weight excluding hydrogens is 348 g/mol. The number of ether oxygens (including phenoxy) is 1. The minimum absolute atomic E-state index is 0.260. The van der Waals surface area contributed by atoms with Crippen molar-refractivity contribution >= 4 is 17.8 Å². The van der Waals surface area contributed by atoms with Crippen LogP contribution in [0, 0.1) is 0 Å². The Bertz CT molecular complexity index is 880. The van der Waals surface area contributed by atoms with Crippen molar-refractivity contribution in [1.82, 2.24) is 14.9 Å². The summed E-state index contributed by atoms with van der Waals surface area (Å²) in [4.78, 5) is 33.6. The van der Waals surface area contributed by atoms with Gasteiger partial charge in [-0.2, -0.15) is 0 Å². The number of anilines is 1. The lowest BCUT2D eigenvalue weighted by Crippen LogP contribution is -2.29. The molecule has 1 aromatic heterocycles. The third-order valence-electron chi connectivity index (χ3n) is 4.82. The molecule has 4 rings (SSSR count). The number of carbonyl (C=O) groups excluding carboxylic acids is 1. The molecule has 3 heterocycles. The predicted octanol–water partition coefficient (Wildman–Crippen LogP) is 1.77. The Kier molecular flexibility index (Phi) is 4.72. The van der Waals surface area contributed by atoms with Crippen LogP contribution in [0.15, 0.2) is 30.5 Å². The molecule has 0 aliphatic carbocycles. The van der Waals surface area contributed by atoms with Gasteiger partial charge in [-0.25, -0.2) is 9.97 Å². The molecule has 140 valence electrons. The van der Waals surface area contributed by atoms with E-state index in [4.69, 9.17) is 9.84 Å². The molecule has 0 atom stereocenters. The van der Waals surface area contributed by atoms with Crippen molar-refractivity contribution in [2.24, 2.45) is 0 Å². The van der Waals surface area contributed by atoms with Gasteiger partial charge in [0.25, 0.3) is 5.91 Å². The van der Waals surface area contributed by atoms with Crippen LogP contribution in [0.5, 0.6) is 0 Å². The van der Waals surface area contributed by atoms with Crippen molar-refractivity contribution in [2.45, 2.75) is 25.4 Å². The molecule has 1 fully saturated rings. The lowest BCUT2D eigenvalue weighted by Gasteiger charge is -2.23. The Morgan fingerprint density at radius 3 is 2.89 bits per heavy atom. The maximum Gasteiger partial charge on any atom is 0.323 e. The maximum atomic E-state index is 12.5. The van der Waals surface area contributed by atoms with E-state index in [1.165, 1.54) is 4.90 Å². The lowest BCUT2D eigenvalue weighted by atomic mass is 10.0. The van der Waals surface area contributed by atoms with E-state index < -0.39 is 5.97 Å². The highest BCUT2D eigenvalue weighted by atomic mass is 16.5. The van der Waals surface area contributed by atoms with Crippen LogP contribution in [0.3, 0.4) is 0 Å². The first kappa shape index (κ1) is 17.4. The molecule has 2 N–H and O–H groups in total. The minimum Gasteiger partial charge on any atom is -0.480 e. The SMILES string of the molecule is O=C(O)CN1Cc2ccc(-c3ccnc(NC4CCOCC4)n3)cc2C1=O. The molecular formula is C19H20N4O4. The molecule has 2 aliphatic heterocycles. The number of benzene rings is 1. The van der Waals surface area contributed by atoms with Crippen LogP contribution in [0.25, 0.3) is 11.3 Å². The van der Waals surface area contributed by atoms with Crippen molar-refractivity contribution in [1.29, 1.82) is 0 Å². The van der Waals surface area contributed by atoms with Gasteiger partial charge in [-0.15, -0.1) is 0 Å². The normalized spacial score (nSPS) is 17.0. The van der Waals surface area contributed by atoms with E-state index in [-0.39, 0.29) is 12.5 Å². The number of amides is 1. The second kappa shape index (κ2) is 7.32. The fourth-order valence-corrected chi connectivity index (χ4v) is 3.43. The molecule has 2 aromatic rings. The fourth-order valence-electron chi connectivity index (χ4n) is 3.43. The van der Waals surface area contributed by atoms with Gasteiger partial charge in [0.15, 0.2) is 0 Å². The summed E-state index contributed by atoms with van der Waals surface area (Å²) in [6.45, 7) is 1.49. The Balaban J connectivity index is 1.55. The Hall–Kier alpha value is -3.00. The zero-order valence-corrected chi connectivity index (χ0v) is 14.7. The fraction of sp³-hybridized carbons (Fsp3) is 0.368. The highest BCUT2D eigenvalue weighted by Crippen LogP contribution is 2.28. The molecule has 1 aromatic carbocycles. The number of aromatic nitrogens is 2. The van der Waals surface area contributed by atoms with Crippen LogP contribution < -0.4 is 5.32 Å². The van der Waals surface area contributed by atoms with Gasteiger partial charge in [0.2, 0.25) is 5.95 Å². The third-order valence-corrected chi connectivity index (χ3v) is 4.82. The Morgan fingerprint density at radius 1 is 1.30 bits per heavy atom. The van der Waals surface area contributed by atoms with Crippen molar-refractivity contribution in [3.63, 3.8) is 0 Å². The van der Waals surface area contributed by atoms with E-state index in [1.807, 2.05) is 12.1 Å². The van der Waals surface area contributed by atoms with Gasteiger partial charge in [-0.1, -0.05) is 12.1 Å². The van der Waals surface area contributed by atoms with Gasteiger partial charge in [0.1, 0.15) is 6.54 Å². The van der Waals surface area contributed by atoms with E-state index in [0.717, 1.165) is 37.2 Å². The molecule has 2 aliphatic rings. The molecule has 0 saturated carbocycles. The first-order chi connectivity index (χ1) is 13.1. The van der Waals surface area contributed by atoms with Crippen molar-refractivity contribution in [3.05, 3.63) is 41.6 Å². The Labute approximate surface area is 156 Å². The van der Waals surface area contributed by atoms with Crippen LogP contribution in [-0.4, -0.2) is 57.7 Å². The van der Waals surface area contributed by atoms with Crippen LogP contribution in [-0.2, 0) is 16.1 Å². The first-order valence-electron chi connectivity index (χ1n) is 8.92. The topological polar surface area (TPSA) is 105 Å². The maximum absolute atomic E-state index is 12.5. The summed E-state index contributed by atoms with van der Waals surface area (Å²) in [5.41, 5.74) is 2.88. The number of aliphatic carboxylic acids is 1. The number of fused-ring (bicyclic) bond motifs is 1. The van der Waals surface area contributed by atoms with Crippen molar-refractivity contribution in [2.75, 3.05) is 25.1 Å². The lowest BCUT2D eigenvalue weighted by molar-refractivity contribution is -0.137. The molecule has 8 nitrogen and oxygen atoms in total. The molecule has 0 bridgehead atoms. The van der Waals surface area contributed by atoms with E-state index >= 15 is 0 Å². The number of hydrogen-bond donors (Lipinski definition) is 2. The summed E-state index contributed by atoms with van der Waals surface area (Å²) >= 11 is 0. The predicted molar refractivity (Wildman–Crippen MR) is 97.3 cm³/mol. The van der Waals surface area contributed by atoms with Gasteiger partial charge in [0.05, 0.1) is 5.69 Å². The van der Waals surface area contributed by atoms with E-state index in [0.29, 0.717) is 29.8 Å². The van der Waals surface area contributed by atoms with E-state index in [9.17, 15) is 9.59 Å². The monoisotopic (exact) mass is 368 g/mol. The summed E-state index contributed by atoms with van der Waals surface area (Å²) in [6.07, 6.45) is 3.52. The average Bonchev–Trinajstić information content (AvgIpc) is 2.97. The average molecular weight is 368 g/mol. The minimum atomic E-state index is -1.02. The van der Waals surface area contributed by atoms with Crippen LogP contribution in [0.1, 0.15) is 28.8 Å². The molecule has 0 unspecified atom stereocenters. The van der Waals surface area contributed by atoms with Crippen molar-refractivity contribution in [3.8, 4) is 11.3 Å². The quantitative estimate of drug-likeness (QED) is 0.829. The zero-order valence-electron chi connectivity index (χ0n) is 14.7. The summed E-state index contributed by atoms with van der Waals surface area (Å²) in [5, 5.41) is 12.3. The standard InChI is InChI=1S/C19H20N4O4/c24-17(25)11-23-10-13-2-1-12(9-15(13)18(23)26)16-3-6-20-19(22-16)21-14-4-7-27-8-5-14/h1-3,6,9,14H,4-5,7-8,10-11H2,(H,24,25)(H,20,21,22). The highest BCUT2D eigenvalue weighted by Gasteiger charge is 2.29. The van der Waals surface area contributed by atoms with Crippen LogP contribution in [0.4, 0.5) is 5.95 Å². The van der Waals surface area contributed by atoms with Crippen molar-refractivity contribution < 1.29 is 19.4 Å². The summed E-state index contributed by atoms with van der Waals surface area (Å²) < 4.78 is 5.36. The van der Waals surface area contributed by atoms with Crippen LogP contribution >= 0.6 is 0 Å². The second-order valence-electron chi connectivity index (χ2n) is 6.72.